The molecular formula is C33H36N4O4S. The quantitative estimate of drug-likeness (QED) is 0.230. The van der Waals surface area contributed by atoms with Gasteiger partial charge < -0.3 is 10.2 Å². The zero-order chi connectivity index (χ0) is 29.8. The lowest BCUT2D eigenvalue weighted by Gasteiger charge is -2.31. The van der Waals surface area contributed by atoms with E-state index in [9.17, 15) is 18.0 Å². The van der Waals surface area contributed by atoms with Crippen LogP contribution in [-0.4, -0.2) is 42.7 Å². The van der Waals surface area contributed by atoms with E-state index in [1.807, 2.05) is 78.9 Å². The molecule has 1 atom stereocenters. The van der Waals surface area contributed by atoms with Gasteiger partial charge in [0.25, 0.3) is 0 Å². The van der Waals surface area contributed by atoms with Crippen molar-refractivity contribution in [3.05, 3.63) is 132 Å². The van der Waals surface area contributed by atoms with Crippen molar-refractivity contribution in [3.63, 3.8) is 0 Å². The third-order valence-corrected chi connectivity index (χ3v) is 8.39. The third-order valence-electron chi connectivity index (χ3n) is 6.83. The first-order valence-corrected chi connectivity index (χ1v) is 15.5. The number of hydrogen-bond donors (Lipinski definition) is 2. The Hall–Kier alpha value is -4.34. The van der Waals surface area contributed by atoms with Crippen LogP contribution in [-0.2, 0) is 45.5 Å². The number of rotatable bonds is 14. The van der Waals surface area contributed by atoms with Crippen LogP contribution in [0, 0.1) is 0 Å². The number of carbonyl (C=O) groups is 2. The van der Waals surface area contributed by atoms with Gasteiger partial charge in [0.1, 0.15) is 6.04 Å². The summed E-state index contributed by atoms with van der Waals surface area (Å²) in [7, 11) is -3.56. The summed E-state index contributed by atoms with van der Waals surface area (Å²) in [6.07, 6.45) is 2.59. The number of nitrogens with one attached hydrogen (secondary N) is 2. The van der Waals surface area contributed by atoms with E-state index in [0.717, 1.165) is 22.4 Å². The minimum Gasteiger partial charge on any atom is -0.349 e. The van der Waals surface area contributed by atoms with Crippen molar-refractivity contribution in [1.29, 1.82) is 0 Å². The SMILES string of the molecule is CCNS(=O)(=O)c1ccc(CCC(=O)N(Cc2ccccc2)C(Cc2ccccc2)C(=O)NCc2ccccn2)cc1. The van der Waals surface area contributed by atoms with Gasteiger partial charge in [-0.15, -0.1) is 0 Å². The van der Waals surface area contributed by atoms with Gasteiger partial charge in [-0.25, -0.2) is 13.1 Å². The van der Waals surface area contributed by atoms with Crippen LogP contribution >= 0.6 is 0 Å². The minimum absolute atomic E-state index is 0.158. The van der Waals surface area contributed by atoms with E-state index in [4.69, 9.17) is 0 Å². The lowest BCUT2D eigenvalue weighted by atomic mass is 10.0. The van der Waals surface area contributed by atoms with E-state index >= 15 is 0 Å². The van der Waals surface area contributed by atoms with Gasteiger partial charge in [0, 0.05) is 32.1 Å². The standard InChI is InChI=1S/C33H36N4O4S/c1-2-36-42(40,41)30-19-16-26(17-20-30)18-21-32(38)37(25-28-13-7-4-8-14-28)31(23-27-11-5-3-6-12-27)33(39)35-24-29-15-9-10-22-34-29/h3-17,19-20,22,31,36H,2,18,21,23-25H2,1H3,(H,35,39). The summed E-state index contributed by atoms with van der Waals surface area (Å²) in [4.78, 5) is 33.7. The molecule has 1 heterocycles. The second kappa shape index (κ2) is 15.0. The average Bonchev–Trinajstić information content (AvgIpc) is 3.02. The van der Waals surface area contributed by atoms with Gasteiger partial charge in [0.15, 0.2) is 0 Å². The number of carbonyl (C=O) groups excluding carboxylic acids is 2. The molecule has 218 valence electrons. The van der Waals surface area contributed by atoms with Crippen LogP contribution in [0.5, 0.6) is 0 Å². The van der Waals surface area contributed by atoms with Crippen LogP contribution in [0.15, 0.2) is 114 Å². The van der Waals surface area contributed by atoms with Gasteiger partial charge in [0.2, 0.25) is 21.8 Å². The highest BCUT2D eigenvalue weighted by atomic mass is 32.2. The second-order valence-electron chi connectivity index (χ2n) is 9.90. The molecule has 0 bridgehead atoms. The fourth-order valence-electron chi connectivity index (χ4n) is 4.64. The average molecular weight is 585 g/mol. The van der Waals surface area contributed by atoms with Gasteiger partial charge in [0.05, 0.1) is 17.1 Å². The number of aryl methyl sites for hydroxylation is 1. The van der Waals surface area contributed by atoms with Gasteiger partial charge >= 0.3 is 0 Å². The summed E-state index contributed by atoms with van der Waals surface area (Å²) in [6.45, 7) is 2.55. The number of pyridine rings is 1. The Labute approximate surface area is 247 Å². The molecule has 0 aliphatic rings. The maximum atomic E-state index is 13.9. The molecule has 3 aromatic carbocycles. The summed E-state index contributed by atoms with van der Waals surface area (Å²) in [5, 5.41) is 2.99. The molecule has 4 aromatic rings. The number of hydrogen-bond acceptors (Lipinski definition) is 5. The predicted octanol–water partition coefficient (Wildman–Crippen LogP) is 4.27. The van der Waals surface area contributed by atoms with Crippen molar-refractivity contribution in [2.24, 2.45) is 0 Å². The Morgan fingerprint density at radius 2 is 1.45 bits per heavy atom. The number of nitrogens with zero attached hydrogens (tertiary/aromatic N) is 2. The van der Waals surface area contributed by atoms with Crippen LogP contribution in [0.1, 0.15) is 35.7 Å². The van der Waals surface area contributed by atoms with Crippen molar-refractivity contribution >= 4 is 21.8 Å². The van der Waals surface area contributed by atoms with E-state index in [1.54, 1.807) is 42.3 Å². The Bertz CT molecular complexity index is 1530. The van der Waals surface area contributed by atoms with Gasteiger partial charge in [-0.2, -0.15) is 0 Å². The maximum absolute atomic E-state index is 13.9. The van der Waals surface area contributed by atoms with E-state index in [0.29, 0.717) is 19.4 Å². The van der Waals surface area contributed by atoms with Crippen molar-refractivity contribution in [1.82, 2.24) is 19.9 Å². The van der Waals surface area contributed by atoms with Crippen molar-refractivity contribution in [3.8, 4) is 0 Å². The molecule has 2 amide bonds. The first-order chi connectivity index (χ1) is 20.4. The fraction of sp³-hybridized carbons (Fsp3) is 0.242. The van der Waals surface area contributed by atoms with Gasteiger partial charge in [-0.3, -0.25) is 14.6 Å². The molecule has 2 N–H and O–H groups in total. The van der Waals surface area contributed by atoms with Crippen LogP contribution in [0.4, 0.5) is 0 Å². The Morgan fingerprint density at radius 1 is 0.810 bits per heavy atom. The Balaban J connectivity index is 1.56. The summed E-state index contributed by atoms with van der Waals surface area (Å²) in [5.74, 6) is -0.427. The molecule has 0 saturated heterocycles. The van der Waals surface area contributed by atoms with Crippen LogP contribution < -0.4 is 10.0 Å². The first-order valence-electron chi connectivity index (χ1n) is 14.0. The minimum atomic E-state index is -3.56. The molecule has 0 radical (unpaired) electrons. The molecular weight excluding hydrogens is 548 g/mol. The fourth-order valence-corrected chi connectivity index (χ4v) is 5.68. The summed E-state index contributed by atoms with van der Waals surface area (Å²) >= 11 is 0. The van der Waals surface area contributed by atoms with Crippen LogP contribution in [0.25, 0.3) is 0 Å². The normalized spacial score (nSPS) is 11.9. The van der Waals surface area contributed by atoms with Crippen LogP contribution in [0.2, 0.25) is 0 Å². The topological polar surface area (TPSA) is 108 Å². The van der Waals surface area contributed by atoms with E-state index in [2.05, 4.69) is 15.0 Å². The largest absolute Gasteiger partial charge is 0.349 e. The molecule has 42 heavy (non-hydrogen) atoms. The van der Waals surface area contributed by atoms with Gasteiger partial charge in [-0.1, -0.05) is 85.8 Å². The first kappa shape index (κ1) is 30.6. The molecule has 1 unspecified atom stereocenters. The lowest BCUT2D eigenvalue weighted by Crippen LogP contribution is -2.50. The summed E-state index contributed by atoms with van der Waals surface area (Å²) in [6, 6.07) is 30.6. The Kier molecular flexibility index (Phi) is 11.0. The molecule has 0 spiro atoms. The highest BCUT2D eigenvalue weighted by Crippen LogP contribution is 2.18. The molecule has 0 aliphatic carbocycles. The molecule has 8 nitrogen and oxygen atoms in total. The molecule has 0 aliphatic heterocycles. The molecule has 1 aromatic heterocycles. The summed E-state index contributed by atoms with van der Waals surface area (Å²) < 4.78 is 27.1. The number of sulfonamides is 1. The van der Waals surface area contributed by atoms with E-state index < -0.39 is 16.1 Å². The summed E-state index contributed by atoms with van der Waals surface area (Å²) in [5.41, 5.74) is 3.42. The number of benzene rings is 3. The molecule has 0 fully saturated rings. The number of aromatic nitrogens is 1. The van der Waals surface area contributed by atoms with E-state index in [1.165, 1.54) is 0 Å². The van der Waals surface area contributed by atoms with E-state index in [-0.39, 0.29) is 36.2 Å². The highest BCUT2D eigenvalue weighted by Gasteiger charge is 2.30. The van der Waals surface area contributed by atoms with Crippen molar-refractivity contribution in [2.45, 2.75) is 50.2 Å². The zero-order valence-electron chi connectivity index (χ0n) is 23.6. The maximum Gasteiger partial charge on any atom is 0.243 e. The second-order valence-corrected chi connectivity index (χ2v) is 11.7. The van der Waals surface area contributed by atoms with Gasteiger partial charge in [-0.05, 0) is 47.4 Å². The Morgan fingerprint density at radius 3 is 2.07 bits per heavy atom. The monoisotopic (exact) mass is 584 g/mol. The van der Waals surface area contributed by atoms with Crippen LogP contribution in [0.3, 0.4) is 0 Å². The zero-order valence-corrected chi connectivity index (χ0v) is 24.5. The molecule has 0 saturated carbocycles. The molecule has 9 heteroatoms. The van der Waals surface area contributed by atoms with Crippen molar-refractivity contribution in [2.75, 3.05) is 6.54 Å². The third kappa shape index (κ3) is 8.83. The predicted molar refractivity (Wildman–Crippen MR) is 163 cm³/mol. The molecule has 4 rings (SSSR count). The highest BCUT2D eigenvalue weighted by molar-refractivity contribution is 7.89. The smallest absolute Gasteiger partial charge is 0.243 e. The number of amides is 2. The van der Waals surface area contributed by atoms with Crippen molar-refractivity contribution < 1.29 is 18.0 Å². The lowest BCUT2D eigenvalue weighted by molar-refractivity contribution is -0.141.